The molecule has 0 aliphatic carbocycles. The van der Waals surface area contributed by atoms with Gasteiger partial charge in [-0.3, -0.25) is 9.69 Å². The summed E-state index contributed by atoms with van der Waals surface area (Å²) in [6, 6.07) is 11.7. The average Bonchev–Trinajstić information content (AvgIpc) is 2.71. The number of benzene rings is 2. The van der Waals surface area contributed by atoms with Crippen molar-refractivity contribution >= 4 is 21.8 Å². The van der Waals surface area contributed by atoms with Gasteiger partial charge in [-0.05, 0) is 52.3 Å². The van der Waals surface area contributed by atoms with Crippen LogP contribution in [0.5, 0.6) is 11.5 Å². The first-order valence-electron chi connectivity index (χ1n) is 9.02. The maximum Gasteiger partial charge on any atom is 0.251 e. The highest BCUT2D eigenvalue weighted by Crippen LogP contribution is 2.35. The summed E-state index contributed by atoms with van der Waals surface area (Å²) in [7, 11) is 3.11. The van der Waals surface area contributed by atoms with Crippen LogP contribution in [0.1, 0.15) is 35.3 Å². The van der Waals surface area contributed by atoms with E-state index in [0.717, 1.165) is 25.2 Å². The third kappa shape index (κ3) is 5.71. The van der Waals surface area contributed by atoms with Crippen molar-refractivity contribution in [2.24, 2.45) is 0 Å². The quantitative estimate of drug-likeness (QED) is 0.640. The summed E-state index contributed by atoms with van der Waals surface area (Å²) in [6.45, 7) is 7.81. The lowest BCUT2D eigenvalue weighted by molar-refractivity contribution is 0.0950. The molecule has 2 rings (SSSR count). The Morgan fingerprint density at radius 3 is 2.00 bits per heavy atom. The molecule has 0 aromatic heterocycles. The molecule has 0 heterocycles. The molecule has 0 fully saturated rings. The largest absolute Gasteiger partial charge is 0.495 e. The molecule has 2 aromatic carbocycles. The molecule has 27 heavy (non-hydrogen) atoms. The minimum absolute atomic E-state index is 0.175. The van der Waals surface area contributed by atoms with Crippen LogP contribution in [0.25, 0.3) is 0 Å². The molecule has 6 heteroatoms. The second-order valence-corrected chi connectivity index (χ2v) is 6.95. The molecule has 1 amide bonds. The SMILES string of the molecule is CCN(CC)Cc1ccc(CNC(=O)c2cc(OC)c(Br)c(OC)c2)cc1. The van der Waals surface area contributed by atoms with Gasteiger partial charge >= 0.3 is 0 Å². The van der Waals surface area contributed by atoms with Crippen molar-refractivity contribution in [3.63, 3.8) is 0 Å². The van der Waals surface area contributed by atoms with Crippen LogP contribution < -0.4 is 14.8 Å². The van der Waals surface area contributed by atoms with Gasteiger partial charge in [0.05, 0.1) is 14.2 Å². The van der Waals surface area contributed by atoms with Gasteiger partial charge in [-0.25, -0.2) is 0 Å². The molecule has 0 spiro atoms. The van der Waals surface area contributed by atoms with Crippen molar-refractivity contribution in [1.29, 1.82) is 0 Å². The highest BCUT2D eigenvalue weighted by Gasteiger charge is 2.14. The second kappa shape index (κ2) is 10.3. The van der Waals surface area contributed by atoms with E-state index in [1.54, 1.807) is 26.4 Å². The topological polar surface area (TPSA) is 50.8 Å². The fourth-order valence-electron chi connectivity index (χ4n) is 2.75. The Bertz CT molecular complexity index is 734. The fraction of sp³-hybridized carbons (Fsp3) is 0.381. The molecule has 0 radical (unpaired) electrons. The van der Waals surface area contributed by atoms with Crippen LogP contribution in [0.3, 0.4) is 0 Å². The zero-order valence-corrected chi connectivity index (χ0v) is 17.9. The number of halogens is 1. The van der Waals surface area contributed by atoms with Crippen molar-refractivity contribution in [2.45, 2.75) is 26.9 Å². The van der Waals surface area contributed by atoms with E-state index in [2.05, 4.69) is 64.3 Å². The first kappa shape index (κ1) is 21.3. The van der Waals surface area contributed by atoms with Crippen molar-refractivity contribution < 1.29 is 14.3 Å². The molecule has 146 valence electrons. The molecule has 0 saturated heterocycles. The van der Waals surface area contributed by atoms with Crippen molar-refractivity contribution in [3.05, 3.63) is 57.6 Å². The smallest absolute Gasteiger partial charge is 0.251 e. The molecule has 0 bridgehead atoms. The van der Waals surface area contributed by atoms with Gasteiger partial charge in [-0.2, -0.15) is 0 Å². The Balaban J connectivity index is 2.01. The number of amides is 1. The van der Waals surface area contributed by atoms with Gasteiger partial charge in [-0.15, -0.1) is 0 Å². The van der Waals surface area contributed by atoms with E-state index < -0.39 is 0 Å². The van der Waals surface area contributed by atoms with Gasteiger partial charge in [0.25, 0.3) is 5.91 Å². The van der Waals surface area contributed by atoms with E-state index in [1.807, 2.05) is 0 Å². The number of hydrogen-bond acceptors (Lipinski definition) is 4. The number of nitrogens with zero attached hydrogens (tertiary/aromatic N) is 1. The third-order valence-corrected chi connectivity index (χ3v) is 5.27. The van der Waals surface area contributed by atoms with Crippen LogP contribution in [-0.2, 0) is 13.1 Å². The lowest BCUT2D eigenvalue weighted by Gasteiger charge is -2.18. The first-order valence-corrected chi connectivity index (χ1v) is 9.81. The highest BCUT2D eigenvalue weighted by atomic mass is 79.9. The standard InChI is InChI=1S/C21H27BrN2O3/c1-5-24(6-2)14-16-9-7-15(8-10-16)13-23-21(25)17-11-18(26-3)20(22)19(12-17)27-4/h7-12H,5-6,13-14H2,1-4H3,(H,23,25). The fourth-order valence-corrected chi connectivity index (χ4v) is 3.31. The third-order valence-electron chi connectivity index (χ3n) is 4.48. The molecular formula is C21H27BrN2O3. The van der Waals surface area contributed by atoms with Crippen molar-refractivity contribution in [1.82, 2.24) is 10.2 Å². The second-order valence-electron chi connectivity index (χ2n) is 6.16. The number of nitrogens with one attached hydrogen (secondary N) is 1. The van der Waals surface area contributed by atoms with Crippen LogP contribution in [0, 0.1) is 0 Å². The first-order chi connectivity index (χ1) is 13.0. The summed E-state index contributed by atoms with van der Waals surface area (Å²) in [5.41, 5.74) is 2.82. The monoisotopic (exact) mass is 434 g/mol. The summed E-state index contributed by atoms with van der Waals surface area (Å²) >= 11 is 3.41. The summed E-state index contributed by atoms with van der Waals surface area (Å²) in [4.78, 5) is 14.9. The summed E-state index contributed by atoms with van der Waals surface area (Å²) < 4.78 is 11.3. The lowest BCUT2D eigenvalue weighted by atomic mass is 10.1. The normalized spacial score (nSPS) is 10.7. The predicted octanol–water partition coefficient (Wildman–Crippen LogP) is 4.24. The Kier molecular flexibility index (Phi) is 8.13. The summed E-state index contributed by atoms with van der Waals surface area (Å²) in [6.07, 6.45) is 0. The molecule has 0 unspecified atom stereocenters. The van der Waals surface area contributed by atoms with E-state index in [9.17, 15) is 4.79 Å². The maximum atomic E-state index is 12.5. The number of rotatable bonds is 9. The molecule has 1 N–H and O–H groups in total. The van der Waals surface area contributed by atoms with Crippen LogP contribution >= 0.6 is 15.9 Å². The molecule has 2 aromatic rings. The van der Waals surface area contributed by atoms with Crippen molar-refractivity contribution in [2.75, 3.05) is 27.3 Å². The van der Waals surface area contributed by atoms with Gasteiger partial charge in [0.15, 0.2) is 0 Å². The van der Waals surface area contributed by atoms with Crippen LogP contribution in [-0.4, -0.2) is 38.1 Å². The Hall–Kier alpha value is -2.05. The van der Waals surface area contributed by atoms with E-state index in [0.29, 0.717) is 28.1 Å². The molecule has 0 aliphatic heterocycles. The zero-order chi connectivity index (χ0) is 19.8. The highest BCUT2D eigenvalue weighted by molar-refractivity contribution is 9.10. The van der Waals surface area contributed by atoms with Crippen molar-refractivity contribution in [3.8, 4) is 11.5 Å². The minimum Gasteiger partial charge on any atom is -0.495 e. The molecule has 0 atom stereocenters. The molecule has 0 aliphatic rings. The van der Waals surface area contributed by atoms with Crippen LogP contribution in [0.2, 0.25) is 0 Å². The maximum absolute atomic E-state index is 12.5. The summed E-state index contributed by atoms with van der Waals surface area (Å²) in [5.74, 6) is 0.937. The van der Waals surface area contributed by atoms with E-state index in [1.165, 1.54) is 5.56 Å². The zero-order valence-electron chi connectivity index (χ0n) is 16.3. The van der Waals surface area contributed by atoms with Gasteiger partial charge in [-0.1, -0.05) is 38.1 Å². The predicted molar refractivity (Wildman–Crippen MR) is 111 cm³/mol. The summed E-state index contributed by atoms with van der Waals surface area (Å²) in [5, 5.41) is 2.94. The van der Waals surface area contributed by atoms with E-state index in [-0.39, 0.29) is 5.91 Å². The molecular weight excluding hydrogens is 408 g/mol. The Morgan fingerprint density at radius 2 is 1.52 bits per heavy atom. The number of ether oxygens (including phenoxy) is 2. The Morgan fingerprint density at radius 1 is 1.00 bits per heavy atom. The Labute approximate surface area is 169 Å². The average molecular weight is 435 g/mol. The van der Waals surface area contributed by atoms with E-state index >= 15 is 0 Å². The number of carbonyl (C=O) groups is 1. The molecule has 0 saturated carbocycles. The van der Waals surface area contributed by atoms with Gasteiger partial charge in [0.2, 0.25) is 0 Å². The number of carbonyl (C=O) groups excluding carboxylic acids is 1. The van der Waals surface area contributed by atoms with Gasteiger partial charge < -0.3 is 14.8 Å². The van der Waals surface area contributed by atoms with Crippen LogP contribution in [0.15, 0.2) is 40.9 Å². The van der Waals surface area contributed by atoms with Gasteiger partial charge in [0, 0.05) is 18.7 Å². The lowest BCUT2D eigenvalue weighted by Crippen LogP contribution is -2.23. The molecule has 5 nitrogen and oxygen atoms in total. The number of methoxy groups -OCH3 is 2. The minimum atomic E-state index is -0.175. The van der Waals surface area contributed by atoms with E-state index in [4.69, 9.17) is 9.47 Å². The van der Waals surface area contributed by atoms with Crippen LogP contribution in [0.4, 0.5) is 0 Å². The van der Waals surface area contributed by atoms with Gasteiger partial charge in [0.1, 0.15) is 16.0 Å². The number of hydrogen-bond donors (Lipinski definition) is 1.